The monoisotopic (exact) mass is 422 g/mol. The molecule has 0 radical (unpaired) electrons. The number of nitrogens with one attached hydrogen (secondary N) is 2. The molecule has 2 N–H and O–H groups in total. The van der Waals surface area contributed by atoms with Gasteiger partial charge in [0.05, 0.1) is 6.04 Å². The fraction of sp³-hybridized carbons (Fsp3) is 0.524. The van der Waals surface area contributed by atoms with Crippen LogP contribution in [0, 0.1) is 0 Å². The molecule has 28 heavy (non-hydrogen) atoms. The molecule has 7 heteroatoms. The lowest BCUT2D eigenvalue weighted by molar-refractivity contribution is 0.0936. The summed E-state index contributed by atoms with van der Waals surface area (Å²) >= 11 is 6.05. The zero-order chi connectivity index (χ0) is 18.7. The second kappa shape index (κ2) is 9.29. The van der Waals surface area contributed by atoms with E-state index in [1.807, 2.05) is 29.1 Å². The molecule has 0 spiro atoms. The molecule has 1 aliphatic carbocycles. The fourth-order valence-corrected chi connectivity index (χ4v) is 4.61. The van der Waals surface area contributed by atoms with E-state index in [0.29, 0.717) is 18.3 Å². The van der Waals surface area contributed by atoms with E-state index in [1.165, 1.54) is 18.4 Å². The van der Waals surface area contributed by atoms with Crippen LogP contribution in [0.3, 0.4) is 0 Å². The summed E-state index contributed by atoms with van der Waals surface area (Å²) in [7, 11) is 0. The van der Waals surface area contributed by atoms with Gasteiger partial charge in [0.2, 0.25) is 0 Å². The zero-order valence-electron chi connectivity index (χ0n) is 16.0. The average Bonchev–Trinajstić information content (AvgIpc) is 3.38. The molecule has 2 heterocycles. The molecule has 1 aromatic heterocycles. The molecule has 2 aromatic rings. The SMILES string of the molecule is Cl.O=C(NCC1(c2ccc(Cl)cc2)CCCC1)c1ccn(C2CCCNC2)n1. The van der Waals surface area contributed by atoms with Crippen molar-refractivity contribution in [3.8, 4) is 0 Å². The van der Waals surface area contributed by atoms with Crippen molar-refractivity contribution in [2.75, 3.05) is 19.6 Å². The maximum Gasteiger partial charge on any atom is 0.271 e. The van der Waals surface area contributed by atoms with Crippen molar-refractivity contribution in [3.05, 3.63) is 52.8 Å². The van der Waals surface area contributed by atoms with Crippen LogP contribution in [-0.2, 0) is 5.41 Å². The Morgan fingerprint density at radius 2 is 1.96 bits per heavy atom. The van der Waals surface area contributed by atoms with Crippen LogP contribution in [0.25, 0.3) is 0 Å². The fourth-order valence-electron chi connectivity index (χ4n) is 4.48. The van der Waals surface area contributed by atoms with Gasteiger partial charge in [-0.15, -0.1) is 12.4 Å². The summed E-state index contributed by atoms with van der Waals surface area (Å²) in [6.45, 7) is 2.63. The minimum absolute atomic E-state index is 0. The highest BCUT2D eigenvalue weighted by atomic mass is 35.5. The molecule has 1 amide bonds. The Morgan fingerprint density at radius 1 is 1.21 bits per heavy atom. The van der Waals surface area contributed by atoms with Crippen LogP contribution in [0.2, 0.25) is 5.02 Å². The van der Waals surface area contributed by atoms with Crippen molar-refractivity contribution in [2.24, 2.45) is 0 Å². The summed E-state index contributed by atoms with van der Waals surface area (Å²) in [5.74, 6) is -0.0854. The first-order valence-electron chi connectivity index (χ1n) is 9.96. The average molecular weight is 423 g/mol. The van der Waals surface area contributed by atoms with Crippen molar-refractivity contribution in [3.63, 3.8) is 0 Å². The third kappa shape index (κ3) is 4.53. The zero-order valence-corrected chi connectivity index (χ0v) is 17.6. The number of amides is 1. The molecule has 4 rings (SSSR count). The number of benzene rings is 1. The van der Waals surface area contributed by atoms with Crippen LogP contribution < -0.4 is 10.6 Å². The molecule has 1 atom stereocenters. The van der Waals surface area contributed by atoms with Gasteiger partial charge >= 0.3 is 0 Å². The molecule has 1 saturated carbocycles. The maximum absolute atomic E-state index is 12.7. The Bertz CT molecular complexity index is 778. The maximum atomic E-state index is 12.7. The highest BCUT2D eigenvalue weighted by Gasteiger charge is 2.36. The van der Waals surface area contributed by atoms with Gasteiger partial charge in [-0.2, -0.15) is 5.10 Å². The van der Waals surface area contributed by atoms with E-state index in [4.69, 9.17) is 11.6 Å². The summed E-state index contributed by atoms with van der Waals surface area (Å²) in [5, 5.41) is 11.8. The van der Waals surface area contributed by atoms with Gasteiger partial charge in [-0.3, -0.25) is 9.48 Å². The number of carbonyl (C=O) groups excluding carboxylic acids is 1. The van der Waals surface area contributed by atoms with Crippen LogP contribution in [-0.4, -0.2) is 35.3 Å². The predicted molar refractivity (Wildman–Crippen MR) is 115 cm³/mol. The highest BCUT2D eigenvalue weighted by molar-refractivity contribution is 6.30. The molecular formula is C21H28Cl2N4O. The lowest BCUT2D eigenvalue weighted by Crippen LogP contribution is -2.39. The van der Waals surface area contributed by atoms with Crippen LogP contribution in [0.5, 0.6) is 0 Å². The summed E-state index contributed by atoms with van der Waals surface area (Å²) in [4.78, 5) is 12.7. The van der Waals surface area contributed by atoms with Gasteiger partial charge in [-0.05, 0) is 56.0 Å². The second-order valence-electron chi connectivity index (χ2n) is 7.86. The van der Waals surface area contributed by atoms with Gasteiger partial charge in [-0.1, -0.05) is 36.6 Å². The van der Waals surface area contributed by atoms with E-state index < -0.39 is 0 Å². The Balaban J connectivity index is 0.00000225. The number of hydrogen-bond donors (Lipinski definition) is 2. The van der Waals surface area contributed by atoms with Gasteiger partial charge < -0.3 is 10.6 Å². The Labute approximate surface area is 177 Å². The van der Waals surface area contributed by atoms with Gasteiger partial charge in [0.25, 0.3) is 5.91 Å². The topological polar surface area (TPSA) is 59.0 Å². The highest BCUT2D eigenvalue weighted by Crippen LogP contribution is 2.41. The van der Waals surface area contributed by atoms with E-state index in [0.717, 1.165) is 43.8 Å². The molecule has 1 aliphatic heterocycles. The van der Waals surface area contributed by atoms with Crippen LogP contribution in [0.1, 0.15) is 60.6 Å². The lowest BCUT2D eigenvalue weighted by Gasteiger charge is -2.30. The normalized spacial score (nSPS) is 21.1. The standard InChI is InChI=1S/C21H27ClN4O.ClH/c22-17-7-5-16(6-8-17)21(10-1-2-11-21)15-24-20(27)19-9-13-26(25-19)18-4-3-12-23-14-18;/h5-9,13,18,23H,1-4,10-12,14-15H2,(H,24,27);1H. The minimum atomic E-state index is -0.0854. The predicted octanol–water partition coefficient (Wildman–Crippen LogP) is 4.12. The quantitative estimate of drug-likeness (QED) is 0.761. The molecule has 5 nitrogen and oxygen atoms in total. The van der Waals surface area contributed by atoms with E-state index in [2.05, 4.69) is 27.9 Å². The number of aromatic nitrogens is 2. The number of halogens is 2. The van der Waals surface area contributed by atoms with Crippen molar-refractivity contribution in [1.82, 2.24) is 20.4 Å². The number of piperidine rings is 1. The number of nitrogens with zero attached hydrogens (tertiary/aromatic N) is 2. The molecule has 1 unspecified atom stereocenters. The lowest BCUT2D eigenvalue weighted by atomic mass is 9.79. The van der Waals surface area contributed by atoms with E-state index in [1.54, 1.807) is 0 Å². The third-order valence-electron chi connectivity index (χ3n) is 6.09. The van der Waals surface area contributed by atoms with E-state index in [9.17, 15) is 4.79 Å². The number of rotatable bonds is 5. The molecule has 0 bridgehead atoms. The van der Waals surface area contributed by atoms with Crippen LogP contribution in [0.4, 0.5) is 0 Å². The molecular weight excluding hydrogens is 395 g/mol. The summed E-state index contributed by atoms with van der Waals surface area (Å²) in [5.41, 5.74) is 1.78. The van der Waals surface area contributed by atoms with Gasteiger partial charge in [0.1, 0.15) is 5.69 Å². The summed E-state index contributed by atoms with van der Waals surface area (Å²) < 4.78 is 1.94. The van der Waals surface area contributed by atoms with Crippen LogP contribution in [0.15, 0.2) is 36.5 Å². The van der Waals surface area contributed by atoms with Crippen molar-refractivity contribution in [2.45, 2.75) is 50.0 Å². The first-order valence-corrected chi connectivity index (χ1v) is 10.3. The molecule has 1 saturated heterocycles. The van der Waals surface area contributed by atoms with Crippen molar-refractivity contribution in [1.29, 1.82) is 0 Å². The molecule has 1 aromatic carbocycles. The molecule has 2 fully saturated rings. The van der Waals surface area contributed by atoms with Crippen molar-refractivity contribution >= 4 is 29.9 Å². The Hall–Kier alpha value is -1.56. The number of carbonyl (C=O) groups is 1. The largest absolute Gasteiger partial charge is 0.350 e. The van der Waals surface area contributed by atoms with E-state index >= 15 is 0 Å². The second-order valence-corrected chi connectivity index (χ2v) is 8.29. The minimum Gasteiger partial charge on any atom is -0.350 e. The first-order chi connectivity index (χ1) is 13.2. The number of hydrogen-bond acceptors (Lipinski definition) is 3. The smallest absolute Gasteiger partial charge is 0.271 e. The van der Waals surface area contributed by atoms with Crippen molar-refractivity contribution < 1.29 is 4.79 Å². The first kappa shape index (κ1) is 21.2. The van der Waals surface area contributed by atoms with Gasteiger partial charge in [0.15, 0.2) is 0 Å². The van der Waals surface area contributed by atoms with E-state index in [-0.39, 0.29) is 23.7 Å². The summed E-state index contributed by atoms with van der Waals surface area (Å²) in [6, 6.07) is 10.3. The third-order valence-corrected chi connectivity index (χ3v) is 6.34. The molecule has 152 valence electrons. The van der Waals surface area contributed by atoms with Gasteiger partial charge in [-0.25, -0.2) is 0 Å². The Morgan fingerprint density at radius 3 is 2.64 bits per heavy atom. The molecule has 2 aliphatic rings. The Kier molecular flexibility index (Phi) is 7.02. The van der Waals surface area contributed by atoms with Crippen LogP contribution >= 0.6 is 24.0 Å². The van der Waals surface area contributed by atoms with Gasteiger partial charge in [0, 0.05) is 29.7 Å². The summed E-state index contributed by atoms with van der Waals surface area (Å²) in [6.07, 6.45) is 8.76.